The number of H-pyrrole nitrogens is 1. The molecular weight excluding hydrogens is 306 g/mol. The zero-order valence-corrected chi connectivity index (χ0v) is 14.7. The number of hydrogen-bond donors (Lipinski definition) is 1. The Kier molecular flexibility index (Phi) is 4.22. The van der Waals surface area contributed by atoms with Gasteiger partial charge in [0.15, 0.2) is 0 Å². The predicted octanol–water partition coefficient (Wildman–Crippen LogP) is 4.05. The molecule has 0 atom stereocenters. The van der Waals surface area contributed by atoms with E-state index in [1.807, 2.05) is 23.5 Å². The number of nitrogens with one attached hydrogen (secondary N) is 1. The molecule has 0 bridgehead atoms. The van der Waals surface area contributed by atoms with Crippen molar-refractivity contribution in [2.75, 3.05) is 11.9 Å². The molecule has 1 aromatic carbocycles. The smallest absolute Gasteiger partial charge is 0.280 e. The van der Waals surface area contributed by atoms with Gasteiger partial charge in [-0.2, -0.15) is 4.98 Å². The molecule has 0 aliphatic carbocycles. The second-order valence-corrected chi connectivity index (χ2v) is 7.29. The third kappa shape index (κ3) is 3.29. The summed E-state index contributed by atoms with van der Waals surface area (Å²) in [6.07, 6.45) is 0. The van der Waals surface area contributed by atoms with E-state index in [1.54, 1.807) is 6.92 Å². The van der Waals surface area contributed by atoms with Crippen LogP contribution in [0.2, 0.25) is 0 Å². The Morgan fingerprint density at radius 3 is 2.74 bits per heavy atom. The lowest BCUT2D eigenvalue weighted by molar-refractivity contribution is 0.890. The maximum Gasteiger partial charge on any atom is 0.280 e. The standard InChI is InChI=1S/C18H21N3OS/c1-11(2)16-7-8-17(23-16)21(4)10-13-5-6-15-14(9-13)18(22)20-12(3)19-15/h5-9,11H,10H2,1-4H3,(H,19,20,22). The summed E-state index contributed by atoms with van der Waals surface area (Å²) in [5.74, 6) is 1.20. The Morgan fingerprint density at radius 2 is 2.04 bits per heavy atom. The van der Waals surface area contributed by atoms with Crippen LogP contribution in [-0.4, -0.2) is 17.0 Å². The van der Waals surface area contributed by atoms with E-state index < -0.39 is 0 Å². The van der Waals surface area contributed by atoms with Crippen LogP contribution in [0.15, 0.2) is 35.1 Å². The van der Waals surface area contributed by atoms with Crippen molar-refractivity contribution in [3.8, 4) is 0 Å². The van der Waals surface area contributed by atoms with Crippen molar-refractivity contribution < 1.29 is 0 Å². The lowest BCUT2D eigenvalue weighted by atomic mass is 10.1. The summed E-state index contributed by atoms with van der Waals surface area (Å²) in [6, 6.07) is 10.3. The van der Waals surface area contributed by atoms with Gasteiger partial charge in [-0.25, -0.2) is 0 Å². The molecule has 0 saturated heterocycles. The van der Waals surface area contributed by atoms with Gasteiger partial charge in [0.25, 0.3) is 5.56 Å². The highest BCUT2D eigenvalue weighted by Gasteiger charge is 2.09. The Labute approximate surface area is 139 Å². The maximum absolute atomic E-state index is 12.0. The molecular formula is C18H21N3OS. The summed E-state index contributed by atoms with van der Waals surface area (Å²) in [5, 5.41) is 1.89. The second kappa shape index (κ2) is 6.16. The monoisotopic (exact) mass is 327 g/mol. The van der Waals surface area contributed by atoms with Crippen LogP contribution in [-0.2, 0) is 6.54 Å². The van der Waals surface area contributed by atoms with Gasteiger partial charge >= 0.3 is 0 Å². The molecule has 0 amide bonds. The van der Waals surface area contributed by atoms with Gasteiger partial charge in [0.05, 0.1) is 15.9 Å². The molecule has 0 unspecified atom stereocenters. The van der Waals surface area contributed by atoms with Crippen molar-refractivity contribution in [1.82, 2.24) is 9.97 Å². The van der Waals surface area contributed by atoms with Gasteiger partial charge in [-0.3, -0.25) is 4.79 Å². The lowest BCUT2D eigenvalue weighted by Gasteiger charge is -2.17. The molecule has 5 heteroatoms. The van der Waals surface area contributed by atoms with E-state index >= 15 is 0 Å². The van der Waals surface area contributed by atoms with Gasteiger partial charge in [-0.05, 0) is 42.7 Å². The summed E-state index contributed by atoms with van der Waals surface area (Å²) in [4.78, 5) is 22.8. The fourth-order valence-corrected chi connectivity index (χ4v) is 3.59. The molecule has 4 nitrogen and oxygen atoms in total. The molecule has 23 heavy (non-hydrogen) atoms. The molecule has 1 N–H and O–H groups in total. The fraction of sp³-hybridized carbons (Fsp3) is 0.333. The van der Waals surface area contributed by atoms with Crippen molar-refractivity contribution in [2.24, 2.45) is 0 Å². The van der Waals surface area contributed by atoms with Crippen LogP contribution in [0.3, 0.4) is 0 Å². The summed E-state index contributed by atoms with van der Waals surface area (Å²) in [6.45, 7) is 6.98. The predicted molar refractivity (Wildman–Crippen MR) is 97.6 cm³/mol. The van der Waals surface area contributed by atoms with E-state index in [9.17, 15) is 4.79 Å². The molecule has 3 rings (SSSR count). The van der Waals surface area contributed by atoms with E-state index in [0.717, 1.165) is 17.6 Å². The van der Waals surface area contributed by atoms with Crippen LogP contribution in [0, 0.1) is 6.92 Å². The topological polar surface area (TPSA) is 49.0 Å². The maximum atomic E-state index is 12.0. The summed E-state index contributed by atoms with van der Waals surface area (Å²) < 4.78 is 0. The van der Waals surface area contributed by atoms with E-state index in [1.165, 1.54) is 9.88 Å². The first-order valence-corrected chi connectivity index (χ1v) is 8.56. The van der Waals surface area contributed by atoms with Crippen LogP contribution in [0.1, 0.15) is 36.0 Å². The highest BCUT2D eigenvalue weighted by Crippen LogP contribution is 2.31. The normalized spacial score (nSPS) is 11.3. The third-order valence-corrected chi connectivity index (χ3v) is 5.38. The molecule has 120 valence electrons. The van der Waals surface area contributed by atoms with E-state index in [4.69, 9.17) is 0 Å². The SMILES string of the molecule is Cc1nc(=O)c2cc(CN(C)c3ccc(C(C)C)s3)ccc2[nH]1. The minimum absolute atomic E-state index is 0.168. The number of hydrogen-bond acceptors (Lipinski definition) is 4. The number of rotatable bonds is 4. The molecule has 0 aliphatic heterocycles. The largest absolute Gasteiger partial charge is 0.362 e. The van der Waals surface area contributed by atoms with Crippen molar-refractivity contribution in [1.29, 1.82) is 0 Å². The third-order valence-electron chi connectivity index (χ3n) is 3.88. The quantitative estimate of drug-likeness (QED) is 0.786. The Bertz CT molecular complexity index is 895. The van der Waals surface area contributed by atoms with Crippen molar-refractivity contribution in [2.45, 2.75) is 33.2 Å². The zero-order chi connectivity index (χ0) is 16.6. The summed E-state index contributed by atoms with van der Waals surface area (Å²) >= 11 is 1.82. The summed E-state index contributed by atoms with van der Waals surface area (Å²) in [5.41, 5.74) is 1.78. The number of aryl methyl sites for hydroxylation is 1. The molecule has 2 aromatic heterocycles. The molecule has 0 saturated carbocycles. The molecule has 0 aliphatic rings. The zero-order valence-electron chi connectivity index (χ0n) is 13.9. The number of aromatic nitrogens is 2. The first kappa shape index (κ1) is 15.7. The molecule has 0 fully saturated rings. The van der Waals surface area contributed by atoms with Gasteiger partial charge in [0.1, 0.15) is 5.82 Å². The van der Waals surface area contributed by atoms with Crippen LogP contribution < -0.4 is 10.5 Å². The minimum atomic E-state index is -0.168. The van der Waals surface area contributed by atoms with Gasteiger partial charge in [0.2, 0.25) is 0 Å². The molecule has 0 radical (unpaired) electrons. The van der Waals surface area contributed by atoms with Crippen LogP contribution in [0.5, 0.6) is 0 Å². The van der Waals surface area contributed by atoms with Crippen molar-refractivity contribution in [3.63, 3.8) is 0 Å². The number of aromatic amines is 1. The second-order valence-electron chi connectivity index (χ2n) is 6.19. The Morgan fingerprint density at radius 1 is 1.26 bits per heavy atom. The first-order valence-electron chi connectivity index (χ1n) is 7.74. The van der Waals surface area contributed by atoms with Gasteiger partial charge < -0.3 is 9.88 Å². The van der Waals surface area contributed by atoms with Gasteiger partial charge in [-0.1, -0.05) is 19.9 Å². The lowest BCUT2D eigenvalue weighted by Crippen LogP contribution is -2.16. The van der Waals surface area contributed by atoms with Crippen LogP contribution >= 0.6 is 11.3 Å². The first-order chi connectivity index (χ1) is 10.9. The highest BCUT2D eigenvalue weighted by molar-refractivity contribution is 7.16. The fourth-order valence-electron chi connectivity index (χ4n) is 2.62. The highest BCUT2D eigenvalue weighted by atomic mass is 32.1. The average Bonchev–Trinajstić information content (AvgIpc) is 2.98. The average molecular weight is 327 g/mol. The van der Waals surface area contributed by atoms with E-state index in [0.29, 0.717) is 17.1 Å². The van der Waals surface area contributed by atoms with Gasteiger partial charge in [-0.15, -0.1) is 11.3 Å². The van der Waals surface area contributed by atoms with E-state index in [-0.39, 0.29) is 5.56 Å². The van der Waals surface area contributed by atoms with Gasteiger partial charge in [0, 0.05) is 18.5 Å². The number of nitrogens with zero attached hydrogens (tertiary/aromatic N) is 2. The van der Waals surface area contributed by atoms with Crippen molar-refractivity contribution >= 4 is 27.2 Å². The van der Waals surface area contributed by atoms with Crippen molar-refractivity contribution in [3.05, 3.63) is 57.0 Å². The number of fused-ring (bicyclic) bond motifs is 1. The molecule has 2 heterocycles. The Balaban J connectivity index is 1.87. The minimum Gasteiger partial charge on any atom is -0.362 e. The molecule has 3 aromatic rings. The number of benzene rings is 1. The number of thiophene rings is 1. The molecule has 0 spiro atoms. The van der Waals surface area contributed by atoms with E-state index in [2.05, 4.69) is 54.0 Å². The summed E-state index contributed by atoms with van der Waals surface area (Å²) in [7, 11) is 2.08. The Hall–Kier alpha value is -2.14. The van der Waals surface area contributed by atoms with Crippen LogP contribution in [0.25, 0.3) is 10.9 Å². The number of anilines is 1. The van der Waals surface area contributed by atoms with Crippen LogP contribution in [0.4, 0.5) is 5.00 Å².